The van der Waals surface area contributed by atoms with Crippen LogP contribution in [0, 0.1) is 11.6 Å². The molecule has 182 valence electrons. The molecular weight excluding hydrogens is 459 g/mol. The number of pyridine rings is 1. The summed E-state index contributed by atoms with van der Waals surface area (Å²) in [6.07, 6.45) is 8.59. The number of aromatic nitrogens is 3. The van der Waals surface area contributed by atoms with Crippen molar-refractivity contribution in [3.63, 3.8) is 0 Å². The molecule has 1 saturated heterocycles. The monoisotopic (exact) mass is 483 g/mol. The van der Waals surface area contributed by atoms with E-state index in [9.17, 15) is 13.2 Å². The van der Waals surface area contributed by atoms with Gasteiger partial charge < -0.3 is 9.57 Å². The number of ether oxygens (including phenoxy) is 1. The van der Waals surface area contributed by atoms with E-state index < -0.39 is 18.3 Å². The van der Waals surface area contributed by atoms with Crippen LogP contribution in [0.1, 0.15) is 40.9 Å². The summed E-state index contributed by atoms with van der Waals surface area (Å²) in [5.74, 6) is -2.01. The minimum absolute atomic E-state index is 0.141. The summed E-state index contributed by atoms with van der Waals surface area (Å²) in [5, 5.41) is 3.88. The Morgan fingerprint density at radius 1 is 1.09 bits per heavy atom. The Kier molecular flexibility index (Phi) is 6.74. The van der Waals surface area contributed by atoms with Crippen LogP contribution in [0.4, 0.5) is 13.2 Å². The third kappa shape index (κ3) is 4.89. The number of benzene rings is 1. The molecule has 5 rings (SSSR count). The van der Waals surface area contributed by atoms with Crippen LogP contribution >= 0.6 is 0 Å². The first kappa shape index (κ1) is 23.4. The quantitative estimate of drug-likeness (QED) is 0.288. The molecule has 2 aromatic heterocycles. The summed E-state index contributed by atoms with van der Waals surface area (Å²) in [5.41, 5.74) is 3.60. The van der Waals surface area contributed by atoms with Gasteiger partial charge in [-0.2, -0.15) is 0 Å². The van der Waals surface area contributed by atoms with E-state index in [1.807, 2.05) is 12.3 Å². The summed E-state index contributed by atoms with van der Waals surface area (Å²) in [6, 6.07) is 5.36. The van der Waals surface area contributed by atoms with E-state index >= 15 is 0 Å². The van der Waals surface area contributed by atoms with Gasteiger partial charge in [0, 0.05) is 43.2 Å². The lowest BCUT2D eigenvalue weighted by atomic mass is 9.85. The first-order chi connectivity index (χ1) is 17.1. The van der Waals surface area contributed by atoms with Crippen molar-refractivity contribution in [1.29, 1.82) is 0 Å². The van der Waals surface area contributed by atoms with Gasteiger partial charge in [-0.3, -0.25) is 19.9 Å². The molecule has 0 aliphatic carbocycles. The van der Waals surface area contributed by atoms with Gasteiger partial charge in [-0.1, -0.05) is 5.16 Å². The Hall–Kier alpha value is -3.37. The standard InChI is InChI=1S/C25H24F3N5O2/c26-6-10-35-32-24(17-1-2-21(27)22(28)11-17)23-14-30-19(12-31-23)15-33-8-4-25(5-9-33)20-13-29-7-3-18(20)16-34-25/h1-3,7,11-14H,4-6,8-10,15-16H2/b32-24+. The predicted octanol–water partition coefficient (Wildman–Crippen LogP) is 3.91. The zero-order valence-electron chi connectivity index (χ0n) is 19.0. The number of piperidine rings is 1. The first-order valence-corrected chi connectivity index (χ1v) is 11.4. The van der Waals surface area contributed by atoms with Crippen LogP contribution in [0.2, 0.25) is 0 Å². The van der Waals surface area contributed by atoms with E-state index in [4.69, 9.17) is 9.57 Å². The van der Waals surface area contributed by atoms with Crippen LogP contribution in [0.5, 0.6) is 0 Å². The highest BCUT2D eigenvalue weighted by Gasteiger charge is 2.42. The average Bonchev–Trinajstić information content (AvgIpc) is 3.24. The van der Waals surface area contributed by atoms with Gasteiger partial charge in [-0.05, 0) is 42.7 Å². The molecule has 1 spiro atoms. The number of nitrogens with zero attached hydrogens (tertiary/aromatic N) is 5. The second-order valence-electron chi connectivity index (χ2n) is 8.58. The molecule has 2 aliphatic heterocycles. The molecule has 0 bridgehead atoms. The lowest BCUT2D eigenvalue weighted by Gasteiger charge is -2.38. The molecule has 3 aromatic rings. The number of rotatable bonds is 7. The fourth-order valence-electron chi connectivity index (χ4n) is 4.56. The molecule has 0 amide bonds. The van der Waals surface area contributed by atoms with Gasteiger partial charge in [0.05, 0.1) is 30.3 Å². The summed E-state index contributed by atoms with van der Waals surface area (Å²) >= 11 is 0. The van der Waals surface area contributed by atoms with Crippen LogP contribution < -0.4 is 0 Å². The molecule has 0 radical (unpaired) electrons. The van der Waals surface area contributed by atoms with Crippen molar-refractivity contribution in [2.75, 3.05) is 26.4 Å². The van der Waals surface area contributed by atoms with Gasteiger partial charge in [0.15, 0.2) is 11.6 Å². The van der Waals surface area contributed by atoms with Crippen LogP contribution in [0.15, 0.2) is 54.2 Å². The van der Waals surface area contributed by atoms with Crippen molar-refractivity contribution < 1.29 is 22.7 Å². The van der Waals surface area contributed by atoms with Gasteiger partial charge in [0.25, 0.3) is 0 Å². The normalized spacial score (nSPS) is 17.5. The van der Waals surface area contributed by atoms with E-state index in [0.717, 1.165) is 43.8 Å². The van der Waals surface area contributed by atoms with Crippen molar-refractivity contribution >= 4 is 5.71 Å². The van der Waals surface area contributed by atoms with Crippen LogP contribution in [0.25, 0.3) is 0 Å². The lowest BCUT2D eigenvalue weighted by Crippen LogP contribution is -2.42. The van der Waals surface area contributed by atoms with E-state index in [2.05, 4.69) is 25.0 Å². The number of halogens is 3. The minimum atomic E-state index is -1.03. The second kappa shape index (κ2) is 10.1. The van der Waals surface area contributed by atoms with E-state index in [1.165, 1.54) is 23.4 Å². The number of fused-ring (bicyclic) bond motifs is 2. The van der Waals surface area contributed by atoms with E-state index in [1.54, 1.807) is 12.4 Å². The number of hydrogen-bond acceptors (Lipinski definition) is 7. The van der Waals surface area contributed by atoms with Crippen molar-refractivity contribution in [2.24, 2.45) is 5.16 Å². The molecule has 1 fully saturated rings. The van der Waals surface area contributed by atoms with Crippen molar-refractivity contribution in [3.05, 3.63) is 88.8 Å². The SMILES string of the molecule is FCCO/N=C(\c1ccc(F)c(F)c1)c1cnc(CN2CCC3(CC2)OCc2ccncc23)cn1. The molecule has 4 heterocycles. The van der Waals surface area contributed by atoms with Crippen molar-refractivity contribution in [3.8, 4) is 0 Å². The van der Waals surface area contributed by atoms with Gasteiger partial charge in [0.2, 0.25) is 0 Å². The number of hydrogen-bond donors (Lipinski definition) is 0. The molecule has 0 atom stereocenters. The van der Waals surface area contributed by atoms with Gasteiger partial charge in [-0.25, -0.2) is 13.2 Å². The molecule has 35 heavy (non-hydrogen) atoms. The predicted molar refractivity (Wildman–Crippen MR) is 121 cm³/mol. The van der Waals surface area contributed by atoms with Crippen LogP contribution in [0.3, 0.4) is 0 Å². The second-order valence-corrected chi connectivity index (χ2v) is 8.58. The number of alkyl halides is 1. The zero-order valence-corrected chi connectivity index (χ0v) is 19.0. The maximum absolute atomic E-state index is 13.8. The third-order valence-electron chi connectivity index (χ3n) is 6.42. The Labute approximate surface area is 200 Å². The Balaban J connectivity index is 1.27. The molecule has 2 aliphatic rings. The Bertz CT molecular complexity index is 1210. The molecule has 0 saturated carbocycles. The highest BCUT2D eigenvalue weighted by Crippen LogP contribution is 2.43. The van der Waals surface area contributed by atoms with Crippen molar-refractivity contribution in [1.82, 2.24) is 19.9 Å². The third-order valence-corrected chi connectivity index (χ3v) is 6.42. The van der Waals surface area contributed by atoms with Gasteiger partial charge in [0.1, 0.15) is 24.7 Å². The van der Waals surface area contributed by atoms with Crippen LogP contribution in [-0.4, -0.2) is 51.9 Å². The maximum Gasteiger partial charge on any atom is 0.159 e. The van der Waals surface area contributed by atoms with Crippen LogP contribution in [-0.2, 0) is 28.3 Å². The summed E-state index contributed by atoms with van der Waals surface area (Å²) in [7, 11) is 0. The summed E-state index contributed by atoms with van der Waals surface area (Å²) < 4.78 is 45.8. The number of likely N-dealkylation sites (tertiary alicyclic amines) is 1. The molecule has 0 unspecified atom stereocenters. The number of oxime groups is 1. The van der Waals surface area contributed by atoms with Gasteiger partial charge in [-0.15, -0.1) is 0 Å². The fourth-order valence-corrected chi connectivity index (χ4v) is 4.56. The molecule has 1 aromatic carbocycles. The smallest absolute Gasteiger partial charge is 0.159 e. The average molecular weight is 483 g/mol. The molecule has 0 N–H and O–H groups in total. The summed E-state index contributed by atoms with van der Waals surface area (Å²) in [4.78, 5) is 20.4. The lowest BCUT2D eigenvalue weighted by molar-refractivity contribution is -0.0801. The zero-order chi connectivity index (χ0) is 24.3. The fraction of sp³-hybridized carbons (Fsp3) is 0.360. The van der Waals surface area contributed by atoms with E-state index in [-0.39, 0.29) is 23.5 Å². The van der Waals surface area contributed by atoms with E-state index in [0.29, 0.717) is 18.8 Å². The molecular formula is C25H24F3N5O2. The Morgan fingerprint density at radius 2 is 1.94 bits per heavy atom. The topological polar surface area (TPSA) is 72.7 Å². The highest BCUT2D eigenvalue weighted by molar-refractivity contribution is 6.11. The summed E-state index contributed by atoms with van der Waals surface area (Å²) in [6.45, 7) is 1.93. The molecule has 7 nitrogen and oxygen atoms in total. The highest BCUT2D eigenvalue weighted by atomic mass is 19.2. The van der Waals surface area contributed by atoms with Gasteiger partial charge >= 0.3 is 0 Å². The maximum atomic E-state index is 13.8. The molecule has 10 heteroatoms. The minimum Gasteiger partial charge on any atom is -0.392 e. The Morgan fingerprint density at radius 3 is 2.69 bits per heavy atom. The van der Waals surface area contributed by atoms with Crippen molar-refractivity contribution in [2.45, 2.75) is 31.6 Å². The largest absolute Gasteiger partial charge is 0.392 e. The first-order valence-electron chi connectivity index (χ1n) is 11.4.